The van der Waals surface area contributed by atoms with E-state index in [0.717, 1.165) is 11.1 Å². The summed E-state index contributed by atoms with van der Waals surface area (Å²) in [5, 5.41) is 2.99. The Morgan fingerprint density at radius 1 is 1.04 bits per heavy atom. The van der Waals surface area contributed by atoms with Crippen LogP contribution in [0, 0.1) is 0 Å². The number of carbonyl (C=O) groups excluding carboxylic acids is 2. The highest BCUT2D eigenvalue weighted by Crippen LogP contribution is 2.13. The van der Waals surface area contributed by atoms with Crippen LogP contribution in [0.4, 0.5) is 0 Å². The zero-order chi connectivity index (χ0) is 19.5. The van der Waals surface area contributed by atoms with E-state index in [4.69, 9.17) is 0 Å². The van der Waals surface area contributed by atoms with Gasteiger partial charge < -0.3 is 15.0 Å². The third-order valence-electron chi connectivity index (χ3n) is 4.21. The molecule has 0 saturated heterocycles. The molecule has 0 spiro atoms. The lowest BCUT2D eigenvalue weighted by Crippen LogP contribution is -2.43. The summed E-state index contributed by atoms with van der Waals surface area (Å²) in [5.74, 6) is -0.528. The second kappa shape index (κ2) is 10.8. The first-order valence-electron chi connectivity index (χ1n) is 9.01. The quantitative estimate of drug-likeness (QED) is 0.547. The van der Waals surface area contributed by atoms with Crippen LogP contribution in [-0.2, 0) is 27.4 Å². The van der Waals surface area contributed by atoms with Gasteiger partial charge in [-0.25, -0.2) is 4.79 Å². The Kier molecular flexibility index (Phi) is 8.10. The Bertz CT molecular complexity index is 745. The van der Waals surface area contributed by atoms with Crippen LogP contribution in [0.2, 0.25) is 0 Å². The van der Waals surface area contributed by atoms with E-state index < -0.39 is 12.0 Å². The Hall–Kier alpha value is -3.08. The minimum Gasteiger partial charge on any atom is -0.466 e. The van der Waals surface area contributed by atoms with Crippen LogP contribution in [0.1, 0.15) is 24.5 Å². The predicted octanol–water partition coefficient (Wildman–Crippen LogP) is 3.27. The number of amides is 1. The maximum Gasteiger partial charge on any atom is 0.331 e. The Labute approximate surface area is 160 Å². The number of nitrogens with one attached hydrogen (secondary N) is 1. The summed E-state index contributed by atoms with van der Waals surface area (Å²) >= 11 is 0. The molecular weight excluding hydrogens is 340 g/mol. The fourth-order valence-electron chi connectivity index (χ4n) is 2.76. The second-order valence-corrected chi connectivity index (χ2v) is 6.12. The molecule has 5 nitrogen and oxygen atoms in total. The van der Waals surface area contributed by atoms with Crippen LogP contribution in [0.15, 0.2) is 72.9 Å². The number of methoxy groups -OCH3 is 1. The van der Waals surface area contributed by atoms with Crippen molar-refractivity contribution in [3.05, 3.63) is 84.1 Å². The molecule has 1 N–H and O–H groups in total. The van der Waals surface area contributed by atoms with Crippen LogP contribution in [-0.4, -0.2) is 29.9 Å². The molecule has 0 unspecified atom stereocenters. The van der Waals surface area contributed by atoms with Gasteiger partial charge in [-0.3, -0.25) is 4.79 Å². The van der Waals surface area contributed by atoms with Crippen molar-refractivity contribution in [2.75, 3.05) is 7.11 Å². The Morgan fingerprint density at radius 3 is 2.19 bits per heavy atom. The predicted molar refractivity (Wildman–Crippen MR) is 106 cm³/mol. The molecule has 1 amide bonds. The smallest absolute Gasteiger partial charge is 0.331 e. The maximum atomic E-state index is 12.8. The molecule has 0 aliphatic rings. The Morgan fingerprint density at radius 2 is 1.63 bits per heavy atom. The minimum absolute atomic E-state index is 0.0770. The van der Waals surface area contributed by atoms with Crippen LogP contribution in [0.5, 0.6) is 0 Å². The van der Waals surface area contributed by atoms with Gasteiger partial charge in [0.2, 0.25) is 5.91 Å². The van der Waals surface area contributed by atoms with Gasteiger partial charge in [-0.05, 0) is 17.5 Å². The fourth-order valence-corrected chi connectivity index (χ4v) is 2.76. The standard InChI is InChI=1S/C22H26N2O3/c1-3-20(22(26)23-16-18-10-6-4-7-11-18)24(15-14-21(25)27-2)17-19-12-8-5-9-13-19/h4-15,20H,3,16-17H2,1-2H3,(H,23,26)/b15-14+/t20-/m0/s1. The monoisotopic (exact) mass is 366 g/mol. The topological polar surface area (TPSA) is 58.6 Å². The summed E-state index contributed by atoms with van der Waals surface area (Å²) in [6.07, 6.45) is 3.59. The largest absolute Gasteiger partial charge is 0.466 e. The number of nitrogens with zero attached hydrogens (tertiary/aromatic N) is 1. The van der Waals surface area contributed by atoms with E-state index in [1.165, 1.54) is 13.2 Å². The third-order valence-corrected chi connectivity index (χ3v) is 4.21. The number of benzene rings is 2. The molecule has 0 aliphatic carbocycles. The highest BCUT2D eigenvalue weighted by molar-refractivity contribution is 5.83. The van der Waals surface area contributed by atoms with Gasteiger partial charge in [0.15, 0.2) is 0 Å². The molecule has 0 aliphatic heterocycles. The van der Waals surface area contributed by atoms with E-state index >= 15 is 0 Å². The van der Waals surface area contributed by atoms with E-state index in [-0.39, 0.29) is 5.91 Å². The van der Waals surface area contributed by atoms with Gasteiger partial charge in [-0.15, -0.1) is 0 Å². The van der Waals surface area contributed by atoms with Crippen LogP contribution in [0.3, 0.4) is 0 Å². The number of hydrogen-bond acceptors (Lipinski definition) is 4. The van der Waals surface area contributed by atoms with Gasteiger partial charge in [0, 0.05) is 25.4 Å². The van der Waals surface area contributed by atoms with E-state index in [0.29, 0.717) is 19.5 Å². The van der Waals surface area contributed by atoms with Crippen LogP contribution < -0.4 is 5.32 Å². The van der Waals surface area contributed by atoms with Gasteiger partial charge in [0.1, 0.15) is 6.04 Å². The van der Waals surface area contributed by atoms with Gasteiger partial charge in [0.05, 0.1) is 7.11 Å². The van der Waals surface area contributed by atoms with Crippen molar-refractivity contribution < 1.29 is 14.3 Å². The minimum atomic E-state index is -0.451. The van der Waals surface area contributed by atoms with Crippen molar-refractivity contribution in [2.45, 2.75) is 32.5 Å². The van der Waals surface area contributed by atoms with Crippen LogP contribution in [0.25, 0.3) is 0 Å². The van der Waals surface area contributed by atoms with Crippen molar-refractivity contribution in [3.8, 4) is 0 Å². The third kappa shape index (κ3) is 6.62. The number of esters is 1. The fraction of sp³-hybridized carbons (Fsp3) is 0.273. The molecule has 142 valence electrons. The molecule has 27 heavy (non-hydrogen) atoms. The Balaban J connectivity index is 2.12. The second-order valence-electron chi connectivity index (χ2n) is 6.12. The summed E-state index contributed by atoms with van der Waals surface area (Å²) in [5.41, 5.74) is 2.10. The van der Waals surface area contributed by atoms with Gasteiger partial charge in [-0.1, -0.05) is 67.6 Å². The lowest BCUT2D eigenvalue weighted by molar-refractivity contribution is -0.135. The van der Waals surface area contributed by atoms with E-state index in [1.54, 1.807) is 6.20 Å². The molecular formula is C22H26N2O3. The molecule has 2 rings (SSSR count). The first-order chi connectivity index (χ1) is 13.1. The molecule has 2 aromatic rings. The molecule has 1 atom stereocenters. The molecule has 0 radical (unpaired) electrons. The molecule has 0 heterocycles. The first kappa shape index (κ1) is 20.2. The number of rotatable bonds is 9. The molecule has 0 fully saturated rings. The summed E-state index contributed by atoms with van der Waals surface area (Å²) < 4.78 is 4.68. The van der Waals surface area contributed by atoms with E-state index in [2.05, 4.69) is 10.1 Å². The van der Waals surface area contributed by atoms with Crippen molar-refractivity contribution >= 4 is 11.9 Å². The van der Waals surface area contributed by atoms with Gasteiger partial charge >= 0.3 is 5.97 Å². The summed E-state index contributed by atoms with van der Waals surface area (Å²) in [6.45, 7) is 2.94. The van der Waals surface area contributed by atoms with Crippen molar-refractivity contribution in [1.82, 2.24) is 10.2 Å². The zero-order valence-electron chi connectivity index (χ0n) is 15.8. The number of ether oxygens (including phenoxy) is 1. The van der Waals surface area contributed by atoms with Gasteiger partial charge in [0.25, 0.3) is 0 Å². The average Bonchev–Trinajstić information content (AvgIpc) is 2.72. The molecule has 2 aromatic carbocycles. The summed E-state index contributed by atoms with van der Waals surface area (Å²) in [4.78, 5) is 26.2. The highest BCUT2D eigenvalue weighted by Gasteiger charge is 2.22. The van der Waals surface area contributed by atoms with Gasteiger partial charge in [-0.2, -0.15) is 0 Å². The SMILES string of the molecule is CC[C@@H](C(=O)NCc1ccccc1)N(/C=C/C(=O)OC)Cc1ccccc1. The highest BCUT2D eigenvalue weighted by atomic mass is 16.5. The van der Waals surface area contributed by atoms with Crippen molar-refractivity contribution in [2.24, 2.45) is 0 Å². The zero-order valence-corrected chi connectivity index (χ0v) is 15.8. The van der Waals surface area contributed by atoms with Crippen LogP contribution >= 0.6 is 0 Å². The maximum absolute atomic E-state index is 12.8. The molecule has 0 saturated carbocycles. The van der Waals surface area contributed by atoms with Crippen molar-refractivity contribution in [3.63, 3.8) is 0 Å². The number of hydrogen-bond donors (Lipinski definition) is 1. The van der Waals surface area contributed by atoms with E-state index in [9.17, 15) is 9.59 Å². The molecule has 0 aromatic heterocycles. The lowest BCUT2D eigenvalue weighted by Gasteiger charge is -2.29. The molecule has 5 heteroatoms. The van der Waals surface area contributed by atoms with E-state index in [1.807, 2.05) is 72.5 Å². The molecule has 0 bridgehead atoms. The lowest BCUT2D eigenvalue weighted by atomic mass is 10.1. The summed E-state index contributed by atoms with van der Waals surface area (Å²) in [6, 6.07) is 19.2. The number of carbonyl (C=O) groups is 2. The summed E-state index contributed by atoms with van der Waals surface area (Å²) in [7, 11) is 1.33. The first-order valence-corrected chi connectivity index (χ1v) is 9.01. The normalized spacial score (nSPS) is 11.8. The average molecular weight is 366 g/mol. The van der Waals surface area contributed by atoms with Crippen molar-refractivity contribution in [1.29, 1.82) is 0 Å².